The molecule has 4 unspecified atom stereocenters. The van der Waals surface area contributed by atoms with Crippen LogP contribution in [-0.2, 0) is 9.84 Å². The first kappa shape index (κ1) is 14.3. The minimum atomic E-state index is -3.02. The summed E-state index contributed by atoms with van der Waals surface area (Å²) in [5.41, 5.74) is 5.57. The van der Waals surface area contributed by atoms with E-state index in [2.05, 4.69) is 12.2 Å². The van der Waals surface area contributed by atoms with Gasteiger partial charge in [-0.25, -0.2) is 8.42 Å². The summed E-state index contributed by atoms with van der Waals surface area (Å²) in [6.45, 7) is 2.69. The van der Waals surface area contributed by atoms with Gasteiger partial charge in [-0.05, 0) is 38.0 Å². The molecule has 3 N–H and O–H groups in total. The third-order valence-electron chi connectivity index (χ3n) is 4.77. The van der Waals surface area contributed by atoms with Crippen LogP contribution in [0.15, 0.2) is 0 Å². The van der Waals surface area contributed by atoms with Crippen molar-refractivity contribution in [1.82, 2.24) is 5.32 Å². The molecule has 2 rings (SSSR count). The molecule has 2 aliphatic rings. The van der Waals surface area contributed by atoms with E-state index in [1.54, 1.807) is 0 Å². The van der Waals surface area contributed by atoms with Crippen LogP contribution in [0.5, 0.6) is 0 Å². The van der Waals surface area contributed by atoms with Gasteiger partial charge in [0.15, 0.2) is 9.84 Å². The lowest BCUT2D eigenvalue weighted by Gasteiger charge is -2.37. The number of hydrogen-bond donors (Lipinski definition) is 2. The van der Waals surface area contributed by atoms with Gasteiger partial charge in [-0.15, -0.1) is 0 Å². The predicted octanol–water partition coefficient (Wildman–Crippen LogP) is 1.06. The van der Waals surface area contributed by atoms with Crippen LogP contribution in [0.4, 0.5) is 0 Å². The van der Waals surface area contributed by atoms with E-state index >= 15 is 0 Å². The predicted molar refractivity (Wildman–Crippen MR) is 74.2 cm³/mol. The average Bonchev–Trinajstić information content (AvgIpc) is 2.85. The first-order valence-corrected chi connectivity index (χ1v) is 8.99. The molecule has 0 amide bonds. The Hall–Kier alpha value is -0.130. The second-order valence-electron chi connectivity index (χ2n) is 6.33. The zero-order chi connectivity index (χ0) is 13.4. The molecule has 0 spiro atoms. The van der Waals surface area contributed by atoms with E-state index in [-0.39, 0.29) is 10.8 Å². The van der Waals surface area contributed by atoms with Gasteiger partial charge >= 0.3 is 0 Å². The third-order valence-corrected chi connectivity index (χ3v) is 6.49. The Morgan fingerprint density at radius 3 is 2.56 bits per heavy atom. The van der Waals surface area contributed by atoms with Crippen molar-refractivity contribution in [2.75, 3.05) is 12.8 Å². The maximum atomic E-state index is 12.0. The summed E-state index contributed by atoms with van der Waals surface area (Å²) < 4.78 is 23.9. The van der Waals surface area contributed by atoms with E-state index < -0.39 is 9.84 Å². The summed E-state index contributed by atoms with van der Waals surface area (Å²) in [5.74, 6) is 0.746. The fourth-order valence-corrected chi connectivity index (χ4v) is 5.56. The molecule has 5 heteroatoms. The van der Waals surface area contributed by atoms with Crippen molar-refractivity contribution in [1.29, 1.82) is 0 Å². The van der Waals surface area contributed by atoms with Gasteiger partial charge < -0.3 is 11.1 Å². The van der Waals surface area contributed by atoms with E-state index in [0.717, 1.165) is 38.0 Å². The minimum Gasteiger partial charge on any atom is -0.329 e. The molecule has 2 aliphatic carbocycles. The number of hydrogen-bond acceptors (Lipinski definition) is 4. The topological polar surface area (TPSA) is 72.2 Å². The molecule has 0 saturated heterocycles. The molecular formula is C13H26N2O2S. The van der Waals surface area contributed by atoms with Gasteiger partial charge in [-0.2, -0.15) is 0 Å². The average molecular weight is 274 g/mol. The van der Waals surface area contributed by atoms with Gasteiger partial charge in [0, 0.05) is 24.4 Å². The fraction of sp³-hybridized carbons (Fsp3) is 1.00. The Kier molecular flexibility index (Phi) is 4.04. The fourth-order valence-electron chi connectivity index (χ4n) is 3.87. The maximum absolute atomic E-state index is 12.0. The summed E-state index contributed by atoms with van der Waals surface area (Å²) in [7, 11) is -3.02. The highest BCUT2D eigenvalue weighted by Gasteiger charge is 2.48. The second-order valence-corrected chi connectivity index (χ2v) is 8.56. The van der Waals surface area contributed by atoms with Crippen LogP contribution < -0.4 is 11.1 Å². The number of nitrogens with two attached hydrogens (primary N) is 1. The smallest absolute Gasteiger partial charge is 0.152 e. The van der Waals surface area contributed by atoms with Crippen LogP contribution in [0.25, 0.3) is 0 Å². The molecule has 106 valence electrons. The van der Waals surface area contributed by atoms with Gasteiger partial charge in [-0.1, -0.05) is 13.3 Å². The Morgan fingerprint density at radius 2 is 2.06 bits per heavy atom. The van der Waals surface area contributed by atoms with Gasteiger partial charge in [0.2, 0.25) is 0 Å². The largest absolute Gasteiger partial charge is 0.329 e. The highest BCUT2D eigenvalue weighted by Crippen LogP contribution is 2.36. The molecule has 0 aromatic carbocycles. The minimum absolute atomic E-state index is 0.300. The molecule has 0 aromatic rings. The zero-order valence-electron chi connectivity index (χ0n) is 11.5. The van der Waals surface area contributed by atoms with Crippen LogP contribution in [0.1, 0.15) is 45.4 Å². The molecule has 0 bridgehead atoms. The summed E-state index contributed by atoms with van der Waals surface area (Å²) in [4.78, 5) is 0. The van der Waals surface area contributed by atoms with E-state index in [9.17, 15) is 8.42 Å². The van der Waals surface area contributed by atoms with E-state index in [0.29, 0.717) is 12.6 Å². The van der Waals surface area contributed by atoms with Crippen molar-refractivity contribution in [3.8, 4) is 0 Å². The Morgan fingerprint density at radius 1 is 1.33 bits per heavy atom. The molecule has 2 fully saturated rings. The first-order valence-electron chi connectivity index (χ1n) is 7.04. The molecule has 0 heterocycles. The van der Waals surface area contributed by atoms with Crippen molar-refractivity contribution in [3.05, 3.63) is 0 Å². The quantitative estimate of drug-likeness (QED) is 0.804. The first-order chi connectivity index (χ1) is 8.37. The molecule has 2 saturated carbocycles. The van der Waals surface area contributed by atoms with E-state index in [1.807, 2.05) is 0 Å². The maximum Gasteiger partial charge on any atom is 0.152 e. The number of nitrogens with one attached hydrogen (secondary N) is 1. The summed E-state index contributed by atoms with van der Waals surface area (Å²) in [6.07, 6.45) is 7.51. The van der Waals surface area contributed by atoms with Crippen LogP contribution in [0.2, 0.25) is 0 Å². The standard InChI is InChI=1S/C13H26N2O2S/c1-10-5-6-11(8-10)15-13(9-14)7-3-4-12(13)18(2,16)17/h10-12,15H,3-9,14H2,1-2H3. The van der Waals surface area contributed by atoms with Crippen molar-refractivity contribution in [2.45, 2.75) is 62.3 Å². The lowest BCUT2D eigenvalue weighted by Crippen LogP contribution is -2.61. The Balaban J connectivity index is 2.14. The Labute approximate surface area is 111 Å². The van der Waals surface area contributed by atoms with E-state index in [1.165, 1.54) is 12.7 Å². The lowest BCUT2D eigenvalue weighted by atomic mass is 9.95. The second kappa shape index (κ2) is 5.10. The lowest BCUT2D eigenvalue weighted by molar-refractivity contribution is 0.295. The highest BCUT2D eigenvalue weighted by atomic mass is 32.2. The van der Waals surface area contributed by atoms with Crippen molar-refractivity contribution >= 4 is 9.84 Å². The normalized spacial score (nSPS) is 41.4. The molecule has 0 aromatic heterocycles. The molecule has 4 atom stereocenters. The van der Waals surface area contributed by atoms with E-state index in [4.69, 9.17) is 5.73 Å². The number of rotatable bonds is 4. The molecule has 18 heavy (non-hydrogen) atoms. The van der Waals surface area contributed by atoms with Crippen LogP contribution in [0.3, 0.4) is 0 Å². The van der Waals surface area contributed by atoms with Crippen molar-refractivity contribution in [2.24, 2.45) is 11.7 Å². The van der Waals surface area contributed by atoms with Crippen molar-refractivity contribution in [3.63, 3.8) is 0 Å². The third kappa shape index (κ3) is 2.73. The Bertz CT molecular complexity index is 396. The van der Waals surface area contributed by atoms with Crippen molar-refractivity contribution < 1.29 is 8.42 Å². The molecule has 0 radical (unpaired) electrons. The SMILES string of the molecule is CC1CCC(NC2(CN)CCCC2S(C)(=O)=O)C1. The monoisotopic (exact) mass is 274 g/mol. The van der Waals surface area contributed by atoms with Gasteiger partial charge in [-0.3, -0.25) is 0 Å². The molecule has 4 nitrogen and oxygen atoms in total. The molecule has 0 aliphatic heterocycles. The van der Waals surface area contributed by atoms with Crippen LogP contribution in [0, 0.1) is 5.92 Å². The van der Waals surface area contributed by atoms with Crippen LogP contribution >= 0.6 is 0 Å². The zero-order valence-corrected chi connectivity index (χ0v) is 12.3. The molecular weight excluding hydrogens is 248 g/mol. The highest BCUT2D eigenvalue weighted by molar-refractivity contribution is 7.91. The summed E-state index contributed by atoms with van der Waals surface area (Å²) in [6, 6.07) is 0.450. The van der Waals surface area contributed by atoms with Gasteiger partial charge in [0.25, 0.3) is 0 Å². The summed E-state index contributed by atoms with van der Waals surface area (Å²) >= 11 is 0. The van der Waals surface area contributed by atoms with Crippen LogP contribution in [-0.4, -0.2) is 38.0 Å². The van der Waals surface area contributed by atoms with Gasteiger partial charge in [0.1, 0.15) is 0 Å². The number of sulfone groups is 1. The summed E-state index contributed by atoms with van der Waals surface area (Å²) in [5, 5.41) is 3.32. The van der Waals surface area contributed by atoms with Gasteiger partial charge in [0.05, 0.1) is 5.25 Å².